The highest BCUT2D eigenvalue weighted by Gasteiger charge is 2.22. The molecule has 0 aliphatic rings. The molecule has 2 aromatic rings. The second-order valence-electron chi connectivity index (χ2n) is 3.09. The van der Waals surface area contributed by atoms with Crippen molar-refractivity contribution in [3.8, 4) is 17.1 Å². The van der Waals surface area contributed by atoms with Gasteiger partial charge in [0.2, 0.25) is 5.39 Å². The molecule has 15 heavy (non-hydrogen) atoms. The smallest absolute Gasteiger partial charge is 0.423 e. The van der Waals surface area contributed by atoms with Crippen LogP contribution in [-0.4, -0.2) is 9.78 Å². The lowest BCUT2D eigenvalue weighted by Gasteiger charge is -1.97. The fraction of sp³-hybridized carbons (Fsp3) is 0.100. The molecule has 0 saturated carbocycles. The second kappa shape index (κ2) is 3.42. The summed E-state index contributed by atoms with van der Waals surface area (Å²) in [4.78, 5) is 2.97. The molecule has 0 radical (unpaired) electrons. The van der Waals surface area contributed by atoms with Crippen LogP contribution in [0.15, 0.2) is 30.3 Å². The third kappa shape index (κ3) is 1.42. The molecule has 5 heteroatoms. The number of nitrogens with zero attached hydrogens (tertiary/aromatic N) is 4. The van der Waals surface area contributed by atoms with Gasteiger partial charge in [0, 0.05) is 12.6 Å². The number of diazo groups is 1. The summed E-state index contributed by atoms with van der Waals surface area (Å²) in [6, 6.07) is 9.12. The number of hydrogen-bond donors (Lipinski definition) is 0. The van der Waals surface area contributed by atoms with Gasteiger partial charge in [-0.2, -0.15) is 5.10 Å². The van der Waals surface area contributed by atoms with Crippen molar-refractivity contribution in [1.82, 2.24) is 9.78 Å². The fourth-order valence-corrected chi connectivity index (χ4v) is 1.38. The molecule has 5 nitrogen and oxygen atoms in total. The maximum absolute atomic E-state index is 11.4. The van der Waals surface area contributed by atoms with Crippen molar-refractivity contribution in [3.63, 3.8) is 0 Å². The Morgan fingerprint density at radius 1 is 1.33 bits per heavy atom. The second-order valence-corrected chi connectivity index (χ2v) is 3.09. The van der Waals surface area contributed by atoms with Crippen LogP contribution in [-0.2, 0) is 7.05 Å². The van der Waals surface area contributed by atoms with Gasteiger partial charge in [-0.1, -0.05) is 30.3 Å². The SMILES string of the molecule is Cn1nc(-c2ccccc2)c([N+]#N)c1[O-]. The maximum Gasteiger partial charge on any atom is 0.423 e. The van der Waals surface area contributed by atoms with Crippen LogP contribution in [0.1, 0.15) is 0 Å². The molecule has 0 amide bonds. The monoisotopic (exact) mass is 200 g/mol. The van der Waals surface area contributed by atoms with Crippen LogP contribution in [0.3, 0.4) is 0 Å². The van der Waals surface area contributed by atoms with Crippen LogP contribution in [0.25, 0.3) is 16.2 Å². The molecular formula is C10H8N4O. The quantitative estimate of drug-likeness (QED) is 0.657. The summed E-state index contributed by atoms with van der Waals surface area (Å²) in [6.45, 7) is 0. The summed E-state index contributed by atoms with van der Waals surface area (Å²) in [7, 11) is 1.52. The molecule has 1 aromatic carbocycles. The molecule has 0 spiro atoms. The van der Waals surface area contributed by atoms with Gasteiger partial charge in [0.25, 0.3) is 0 Å². The molecule has 1 aromatic heterocycles. The van der Waals surface area contributed by atoms with Crippen LogP contribution >= 0.6 is 0 Å². The standard InChI is InChI=1S/C10H8N4O/c1-14-10(15)9(12-11)8(13-14)7-5-3-2-4-6-7/h2-6H,1H3. The van der Waals surface area contributed by atoms with E-state index >= 15 is 0 Å². The summed E-state index contributed by atoms with van der Waals surface area (Å²) >= 11 is 0. The van der Waals surface area contributed by atoms with Crippen molar-refractivity contribution in [2.75, 3.05) is 0 Å². The highest BCUT2D eigenvalue weighted by atomic mass is 16.3. The molecule has 0 unspecified atom stereocenters. The predicted molar refractivity (Wildman–Crippen MR) is 52.8 cm³/mol. The minimum Gasteiger partial charge on any atom is -0.853 e. The van der Waals surface area contributed by atoms with Crippen molar-refractivity contribution < 1.29 is 5.11 Å². The van der Waals surface area contributed by atoms with Gasteiger partial charge in [-0.05, 0) is 0 Å². The third-order valence-electron chi connectivity index (χ3n) is 2.12. The number of hydrogen-bond acceptors (Lipinski definition) is 3. The molecule has 2 rings (SSSR count). The van der Waals surface area contributed by atoms with Gasteiger partial charge in [-0.15, -0.1) is 0 Å². The van der Waals surface area contributed by atoms with Crippen LogP contribution in [0, 0.1) is 5.39 Å². The van der Waals surface area contributed by atoms with Gasteiger partial charge in [-0.3, -0.25) is 4.68 Å². The molecule has 0 saturated heterocycles. The van der Waals surface area contributed by atoms with Crippen LogP contribution in [0.5, 0.6) is 5.88 Å². The van der Waals surface area contributed by atoms with Gasteiger partial charge in [0.1, 0.15) is 0 Å². The van der Waals surface area contributed by atoms with Crippen molar-refractivity contribution in [2.45, 2.75) is 0 Å². The first-order valence-corrected chi connectivity index (χ1v) is 4.38. The van der Waals surface area contributed by atoms with Crippen molar-refractivity contribution >= 4 is 5.69 Å². The maximum atomic E-state index is 11.4. The first kappa shape index (κ1) is 9.21. The average Bonchev–Trinajstić information content (AvgIpc) is 2.56. The molecule has 0 N–H and O–H groups in total. The summed E-state index contributed by atoms with van der Waals surface area (Å²) in [6.07, 6.45) is 0. The molecule has 74 valence electrons. The van der Waals surface area contributed by atoms with Crippen molar-refractivity contribution in [3.05, 3.63) is 35.3 Å². The van der Waals surface area contributed by atoms with Gasteiger partial charge < -0.3 is 5.11 Å². The van der Waals surface area contributed by atoms with E-state index in [1.54, 1.807) is 12.1 Å². The number of aromatic nitrogens is 2. The molecular weight excluding hydrogens is 192 g/mol. The van der Waals surface area contributed by atoms with E-state index in [9.17, 15) is 5.11 Å². The van der Waals surface area contributed by atoms with Crippen molar-refractivity contribution in [2.24, 2.45) is 7.05 Å². The Hall–Kier alpha value is -2.35. The zero-order valence-corrected chi connectivity index (χ0v) is 8.08. The molecule has 0 fully saturated rings. The first-order chi connectivity index (χ1) is 7.24. The molecule has 0 bridgehead atoms. The topological polar surface area (TPSA) is 69.0 Å². The van der Waals surface area contributed by atoms with Gasteiger partial charge >= 0.3 is 5.69 Å². The van der Waals surface area contributed by atoms with Gasteiger partial charge in [0.15, 0.2) is 10.7 Å². The van der Waals surface area contributed by atoms with Crippen LogP contribution < -0.4 is 5.11 Å². The normalized spacial score (nSPS) is 9.87. The van der Waals surface area contributed by atoms with E-state index in [2.05, 4.69) is 10.1 Å². The van der Waals surface area contributed by atoms with E-state index in [1.165, 1.54) is 7.05 Å². The third-order valence-corrected chi connectivity index (χ3v) is 2.12. The number of aryl methyl sites for hydroxylation is 1. The molecule has 0 atom stereocenters. The predicted octanol–water partition coefficient (Wildman–Crippen LogP) is 1.65. The van der Waals surface area contributed by atoms with E-state index in [1.807, 2.05) is 18.2 Å². The minimum atomic E-state index is -0.406. The molecule has 0 aliphatic heterocycles. The summed E-state index contributed by atoms with van der Waals surface area (Å²) in [5.41, 5.74) is 1.12. The summed E-state index contributed by atoms with van der Waals surface area (Å²) in [5.74, 6) is -0.406. The largest absolute Gasteiger partial charge is 0.853 e. The lowest BCUT2D eigenvalue weighted by molar-refractivity contribution is -0.277. The van der Waals surface area contributed by atoms with Crippen LogP contribution in [0.2, 0.25) is 0 Å². The first-order valence-electron chi connectivity index (χ1n) is 4.38. The van der Waals surface area contributed by atoms with E-state index < -0.39 is 5.88 Å². The van der Waals surface area contributed by atoms with E-state index in [0.717, 1.165) is 10.2 Å². The van der Waals surface area contributed by atoms with E-state index in [-0.39, 0.29) is 5.69 Å². The van der Waals surface area contributed by atoms with Gasteiger partial charge in [0.05, 0.1) is 5.88 Å². The number of benzene rings is 1. The zero-order chi connectivity index (χ0) is 10.8. The minimum absolute atomic E-state index is 0.0244. The van der Waals surface area contributed by atoms with Crippen molar-refractivity contribution in [1.29, 1.82) is 5.39 Å². The average molecular weight is 200 g/mol. The number of rotatable bonds is 1. The van der Waals surface area contributed by atoms with Crippen LogP contribution in [0.4, 0.5) is 5.69 Å². The highest BCUT2D eigenvalue weighted by Crippen LogP contribution is 2.34. The molecule has 1 heterocycles. The van der Waals surface area contributed by atoms with Gasteiger partial charge in [-0.25, -0.2) is 0 Å². The zero-order valence-electron chi connectivity index (χ0n) is 8.08. The Bertz CT molecular complexity index is 524. The van der Waals surface area contributed by atoms with E-state index in [4.69, 9.17) is 5.39 Å². The Balaban J connectivity index is 2.65. The summed E-state index contributed by atoms with van der Waals surface area (Å²) < 4.78 is 1.15. The lowest BCUT2D eigenvalue weighted by Crippen LogP contribution is -1.99. The van der Waals surface area contributed by atoms with E-state index in [0.29, 0.717) is 5.69 Å². The lowest BCUT2D eigenvalue weighted by atomic mass is 10.1. The Kier molecular flexibility index (Phi) is 2.10. The Labute approximate surface area is 86.2 Å². The molecule has 0 aliphatic carbocycles. The highest BCUT2D eigenvalue weighted by molar-refractivity contribution is 5.78. The Morgan fingerprint density at radius 3 is 2.60 bits per heavy atom. The summed E-state index contributed by atoms with van der Waals surface area (Å²) in [5, 5.41) is 24.2. The Morgan fingerprint density at radius 2 is 2.00 bits per heavy atom. The fourth-order valence-electron chi connectivity index (χ4n) is 1.38.